The standard InChI is InChI=1S/C8H22O4Si2/c1-7-13(6,9-3)12-14(8-2,10-4)11-5/h7-8H2,1-6H3. The van der Waals surface area contributed by atoms with Gasteiger partial charge in [0.2, 0.25) is 0 Å². The molecule has 0 radical (unpaired) electrons. The van der Waals surface area contributed by atoms with Crippen molar-refractivity contribution >= 4 is 17.4 Å². The molecule has 86 valence electrons. The number of hydrogen-bond acceptors (Lipinski definition) is 4. The molecular weight excluding hydrogens is 216 g/mol. The van der Waals surface area contributed by atoms with Gasteiger partial charge in [0.1, 0.15) is 0 Å². The maximum atomic E-state index is 5.98. The molecule has 0 fully saturated rings. The van der Waals surface area contributed by atoms with E-state index in [0.717, 1.165) is 12.1 Å². The normalized spacial score (nSPS) is 16.7. The summed E-state index contributed by atoms with van der Waals surface area (Å²) in [6.07, 6.45) is 0. The Bertz CT molecular complexity index is 149. The van der Waals surface area contributed by atoms with Crippen LogP contribution in [0.2, 0.25) is 18.6 Å². The molecule has 1 unspecified atom stereocenters. The summed E-state index contributed by atoms with van der Waals surface area (Å²) < 4.78 is 22.2. The molecule has 0 aliphatic rings. The Balaban J connectivity index is 4.56. The van der Waals surface area contributed by atoms with Gasteiger partial charge in [-0.05, 0) is 12.6 Å². The van der Waals surface area contributed by atoms with E-state index in [1.165, 1.54) is 0 Å². The van der Waals surface area contributed by atoms with Crippen LogP contribution in [0.25, 0.3) is 0 Å². The van der Waals surface area contributed by atoms with Crippen molar-refractivity contribution in [2.75, 3.05) is 21.3 Å². The third kappa shape index (κ3) is 3.45. The van der Waals surface area contributed by atoms with Crippen molar-refractivity contribution in [2.45, 2.75) is 32.5 Å². The minimum Gasteiger partial charge on any atom is -0.398 e. The molecule has 1 atom stereocenters. The molecule has 0 aliphatic heterocycles. The van der Waals surface area contributed by atoms with Crippen molar-refractivity contribution in [3.63, 3.8) is 0 Å². The summed E-state index contributed by atoms with van der Waals surface area (Å²) in [5.41, 5.74) is 0. The Labute approximate surface area is 89.1 Å². The van der Waals surface area contributed by atoms with Crippen LogP contribution in [0.3, 0.4) is 0 Å². The van der Waals surface area contributed by atoms with Gasteiger partial charge in [-0.2, -0.15) is 0 Å². The fourth-order valence-corrected chi connectivity index (χ4v) is 6.93. The van der Waals surface area contributed by atoms with Gasteiger partial charge in [-0.1, -0.05) is 13.8 Å². The highest BCUT2D eigenvalue weighted by molar-refractivity contribution is 6.77. The predicted octanol–water partition coefficient (Wildman–Crippen LogP) is 1.99. The molecule has 0 aromatic rings. The van der Waals surface area contributed by atoms with Crippen LogP contribution in [-0.2, 0) is 17.4 Å². The van der Waals surface area contributed by atoms with E-state index in [4.69, 9.17) is 17.4 Å². The molecule has 0 amide bonds. The number of hydrogen-bond donors (Lipinski definition) is 0. The predicted molar refractivity (Wildman–Crippen MR) is 60.4 cm³/mol. The molecule has 4 nitrogen and oxygen atoms in total. The minimum atomic E-state index is -2.46. The first kappa shape index (κ1) is 14.3. The summed E-state index contributed by atoms with van der Waals surface area (Å²) in [6.45, 7) is 6.11. The molecule has 0 spiro atoms. The van der Waals surface area contributed by atoms with Crippen molar-refractivity contribution < 1.29 is 17.4 Å². The highest BCUT2D eigenvalue weighted by Crippen LogP contribution is 2.22. The second-order valence-corrected chi connectivity index (χ2v) is 10.3. The maximum Gasteiger partial charge on any atom is 0.491 e. The smallest absolute Gasteiger partial charge is 0.398 e. The second-order valence-electron chi connectivity index (χ2n) is 3.24. The number of rotatable bonds is 7. The molecule has 0 aliphatic carbocycles. The average Bonchev–Trinajstić information content (AvgIpc) is 2.26. The lowest BCUT2D eigenvalue weighted by Gasteiger charge is -2.34. The van der Waals surface area contributed by atoms with Crippen molar-refractivity contribution in [3.8, 4) is 0 Å². The van der Waals surface area contributed by atoms with Gasteiger partial charge in [-0.3, -0.25) is 0 Å². The van der Waals surface area contributed by atoms with Crippen LogP contribution >= 0.6 is 0 Å². The lowest BCUT2D eigenvalue weighted by molar-refractivity contribution is 0.137. The van der Waals surface area contributed by atoms with Crippen LogP contribution in [0, 0.1) is 0 Å². The summed E-state index contributed by atoms with van der Waals surface area (Å²) in [5, 5.41) is 0. The van der Waals surface area contributed by atoms with Crippen molar-refractivity contribution in [3.05, 3.63) is 0 Å². The van der Waals surface area contributed by atoms with Crippen LogP contribution in [0.1, 0.15) is 13.8 Å². The highest BCUT2D eigenvalue weighted by atomic mass is 28.5. The third-order valence-electron chi connectivity index (χ3n) is 2.50. The first-order chi connectivity index (χ1) is 6.51. The zero-order valence-corrected chi connectivity index (χ0v) is 12.0. The Morgan fingerprint density at radius 3 is 1.57 bits per heavy atom. The average molecular weight is 238 g/mol. The Morgan fingerprint density at radius 1 is 0.857 bits per heavy atom. The van der Waals surface area contributed by atoms with E-state index in [-0.39, 0.29) is 0 Å². The van der Waals surface area contributed by atoms with Gasteiger partial charge >= 0.3 is 17.4 Å². The Morgan fingerprint density at radius 2 is 1.36 bits per heavy atom. The quantitative estimate of drug-likeness (QED) is 0.636. The van der Waals surface area contributed by atoms with E-state index in [1.54, 1.807) is 21.3 Å². The van der Waals surface area contributed by atoms with Gasteiger partial charge in [0.15, 0.2) is 0 Å². The van der Waals surface area contributed by atoms with Gasteiger partial charge in [0.05, 0.1) is 0 Å². The van der Waals surface area contributed by atoms with Crippen LogP contribution in [-0.4, -0.2) is 38.7 Å². The van der Waals surface area contributed by atoms with Gasteiger partial charge < -0.3 is 17.4 Å². The second kappa shape index (κ2) is 5.99. The zero-order chi connectivity index (χ0) is 11.2. The monoisotopic (exact) mass is 238 g/mol. The molecule has 0 aromatic carbocycles. The van der Waals surface area contributed by atoms with E-state index in [2.05, 4.69) is 6.92 Å². The van der Waals surface area contributed by atoms with E-state index in [9.17, 15) is 0 Å². The summed E-state index contributed by atoms with van der Waals surface area (Å²) in [6, 6.07) is 1.66. The minimum absolute atomic E-state index is 0.770. The molecule has 0 rings (SSSR count). The molecule has 0 bridgehead atoms. The van der Waals surface area contributed by atoms with E-state index >= 15 is 0 Å². The van der Waals surface area contributed by atoms with Crippen LogP contribution < -0.4 is 0 Å². The lowest BCUT2D eigenvalue weighted by Crippen LogP contribution is -2.53. The highest BCUT2D eigenvalue weighted by Gasteiger charge is 2.45. The summed E-state index contributed by atoms with van der Waals surface area (Å²) >= 11 is 0. The Kier molecular flexibility index (Phi) is 6.11. The fourth-order valence-electron chi connectivity index (χ4n) is 1.11. The maximum absolute atomic E-state index is 5.98. The van der Waals surface area contributed by atoms with Gasteiger partial charge in [0, 0.05) is 27.4 Å². The lowest BCUT2D eigenvalue weighted by atomic mass is 11.0. The molecule has 14 heavy (non-hydrogen) atoms. The molecule has 0 aromatic heterocycles. The SMILES string of the molecule is CC[Si](C)(OC)O[Si](CC)(OC)OC. The van der Waals surface area contributed by atoms with Crippen molar-refractivity contribution in [2.24, 2.45) is 0 Å². The van der Waals surface area contributed by atoms with Crippen LogP contribution in [0.5, 0.6) is 0 Å². The zero-order valence-electron chi connectivity index (χ0n) is 10.0. The summed E-state index contributed by atoms with van der Waals surface area (Å²) in [4.78, 5) is 0. The van der Waals surface area contributed by atoms with E-state index in [0.29, 0.717) is 0 Å². The summed E-state index contributed by atoms with van der Waals surface area (Å²) in [7, 11) is 0.425. The van der Waals surface area contributed by atoms with E-state index < -0.39 is 17.4 Å². The van der Waals surface area contributed by atoms with Crippen molar-refractivity contribution in [1.29, 1.82) is 0 Å². The molecule has 0 heterocycles. The van der Waals surface area contributed by atoms with Gasteiger partial charge in [0.25, 0.3) is 0 Å². The van der Waals surface area contributed by atoms with Gasteiger partial charge in [-0.15, -0.1) is 0 Å². The summed E-state index contributed by atoms with van der Waals surface area (Å²) in [5.74, 6) is 0. The van der Waals surface area contributed by atoms with Crippen LogP contribution in [0.15, 0.2) is 0 Å². The topological polar surface area (TPSA) is 36.9 Å². The molecule has 0 saturated carbocycles. The van der Waals surface area contributed by atoms with Gasteiger partial charge in [-0.25, -0.2) is 0 Å². The van der Waals surface area contributed by atoms with Crippen LogP contribution in [0.4, 0.5) is 0 Å². The first-order valence-corrected chi connectivity index (χ1v) is 9.32. The largest absolute Gasteiger partial charge is 0.491 e. The molecular formula is C8H22O4Si2. The third-order valence-corrected chi connectivity index (χ3v) is 9.73. The molecule has 0 saturated heterocycles. The van der Waals surface area contributed by atoms with E-state index in [1.807, 2.05) is 13.5 Å². The fraction of sp³-hybridized carbons (Fsp3) is 1.00. The van der Waals surface area contributed by atoms with Crippen molar-refractivity contribution in [1.82, 2.24) is 0 Å². The first-order valence-electron chi connectivity index (χ1n) is 4.87. The molecule has 0 N–H and O–H groups in total. The molecule has 6 heteroatoms. The Hall–Kier alpha value is 0.274.